The van der Waals surface area contributed by atoms with Crippen molar-refractivity contribution in [2.75, 3.05) is 13.7 Å². The summed E-state index contributed by atoms with van der Waals surface area (Å²) in [7, 11) is 1.29. The van der Waals surface area contributed by atoms with Crippen molar-refractivity contribution in [2.45, 2.75) is 57.4 Å². The molecule has 1 aliphatic carbocycles. The quantitative estimate of drug-likeness (QED) is 0.478. The summed E-state index contributed by atoms with van der Waals surface area (Å²) in [5, 5.41) is 5.54. The molecule has 1 aromatic rings. The molecule has 1 aromatic carbocycles. The van der Waals surface area contributed by atoms with E-state index in [9.17, 15) is 14.4 Å². The second kappa shape index (κ2) is 12.0. The molecule has 6 nitrogen and oxygen atoms in total. The van der Waals surface area contributed by atoms with E-state index in [-0.39, 0.29) is 24.7 Å². The van der Waals surface area contributed by atoms with Crippen LogP contribution in [0.2, 0.25) is 0 Å². The van der Waals surface area contributed by atoms with Crippen LogP contribution in [0.3, 0.4) is 0 Å². The number of carbonyl (C=O) groups is 3. The monoisotopic (exact) mass is 386 g/mol. The zero-order chi connectivity index (χ0) is 20.2. The standard InChI is InChI=1S/C22H30N2O4/c1-28-22(27)19(16-18-10-6-3-7-11-18)24-21(26)13-12-20(25)23-15-14-17-8-4-2-5-9-17/h3,6-8,10-11,19H,2,4-5,9,12-16H2,1H3,(H,23,25)(H,24,26)/t19-/m1/s1. The first kappa shape index (κ1) is 21.7. The maximum atomic E-state index is 12.2. The van der Waals surface area contributed by atoms with Crippen LogP contribution in [0.25, 0.3) is 0 Å². The van der Waals surface area contributed by atoms with Gasteiger partial charge in [-0.25, -0.2) is 4.79 Å². The van der Waals surface area contributed by atoms with E-state index in [1.165, 1.54) is 25.5 Å². The van der Waals surface area contributed by atoms with Crippen LogP contribution < -0.4 is 10.6 Å². The fourth-order valence-electron chi connectivity index (χ4n) is 3.26. The summed E-state index contributed by atoms with van der Waals surface area (Å²) in [4.78, 5) is 36.1. The van der Waals surface area contributed by atoms with Gasteiger partial charge in [0.25, 0.3) is 0 Å². The lowest BCUT2D eigenvalue weighted by atomic mass is 9.97. The van der Waals surface area contributed by atoms with E-state index in [1.807, 2.05) is 30.3 Å². The lowest BCUT2D eigenvalue weighted by Gasteiger charge is -2.16. The summed E-state index contributed by atoms with van der Waals surface area (Å²) in [6.45, 7) is 0.602. The van der Waals surface area contributed by atoms with Gasteiger partial charge in [0, 0.05) is 25.8 Å². The minimum absolute atomic E-state index is 0.0385. The van der Waals surface area contributed by atoms with Crippen LogP contribution in [0.15, 0.2) is 42.0 Å². The van der Waals surface area contributed by atoms with Gasteiger partial charge in [-0.15, -0.1) is 0 Å². The third-order valence-electron chi connectivity index (χ3n) is 4.84. The molecule has 2 rings (SSSR count). The Bertz CT molecular complexity index is 685. The first-order chi connectivity index (χ1) is 13.6. The average molecular weight is 386 g/mol. The summed E-state index contributed by atoms with van der Waals surface area (Å²) in [5.41, 5.74) is 2.33. The number of ether oxygens (including phenoxy) is 1. The second-order valence-corrected chi connectivity index (χ2v) is 7.04. The number of nitrogens with one attached hydrogen (secondary N) is 2. The van der Waals surface area contributed by atoms with Crippen LogP contribution in [-0.4, -0.2) is 37.5 Å². The molecule has 2 amide bonds. The molecule has 0 spiro atoms. The third kappa shape index (κ3) is 7.94. The molecular weight excluding hydrogens is 356 g/mol. The van der Waals surface area contributed by atoms with Gasteiger partial charge in [0.2, 0.25) is 11.8 Å². The Morgan fingerprint density at radius 3 is 2.50 bits per heavy atom. The molecule has 2 N–H and O–H groups in total. The minimum atomic E-state index is -0.763. The molecule has 6 heteroatoms. The summed E-state index contributed by atoms with van der Waals surface area (Å²) in [6, 6.07) is 8.65. The number of hydrogen-bond acceptors (Lipinski definition) is 4. The Morgan fingerprint density at radius 2 is 1.82 bits per heavy atom. The highest BCUT2D eigenvalue weighted by Gasteiger charge is 2.22. The van der Waals surface area contributed by atoms with Crippen molar-refractivity contribution >= 4 is 17.8 Å². The van der Waals surface area contributed by atoms with Crippen molar-refractivity contribution in [2.24, 2.45) is 0 Å². The van der Waals surface area contributed by atoms with E-state index in [0.29, 0.717) is 13.0 Å². The molecule has 0 bridgehead atoms. The summed E-state index contributed by atoms with van der Waals surface area (Å²) in [6.07, 6.45) is 8.36. The number of carbonyl (C=O) groups excluding carboxylic acids is 3. The molecule has 0 aliphatic heterocycles. The molecule has 152 valence electrons. The number of hydrogen-bond donors (Lipinski definition) is 2. The Morgan fingerprint density at radius 1 is 1.07 bits per heavy atom. The van der Waals surface area contributed by atoms with E-state index in [2.05, 4.69) is 16.7 Å². The van der Waals surface area contributed by atoms with Crippen molar-refractivity contribution in [1.29, 1.82) is 0 Å². The summed E-state index contributed by atoms with van der Waals surface area (Å²) in [5.74, 6) is -0.983. The van der Waals surface area contributed by atoms with Gasteiger partial charge >= 0.3 is 5.97 Å². The molecule has 28 heavy (non-hydrogen) atoms. The molecule has 0 saturated heterocycles. The normalized spacial score (nSPS) is 14.5. The smallest absolute Gasteiger partial charge is 0.328 e. The molecule has 1 aliphatic rings. The van der Waals surface area contributed by atoms with Gasteiger partial charge in [-0.3, -0.25) is 9.59 Å². The van der Waals surface area contributed by atoms with Gasteiger partial charge in [0.15, 0.2) is 0 Å². The highest BCUT2D eigenvalue weighted by molar-refractivity contribution is 5.87. The molecule has 0 aromatic heterocycles. The second-order valence-electron chi connectivity index (χ2n) is 7.04. The largest absolute Gasteiger partial charge is 0.467 e. The van der Waals surface area contributed by atoms with Gasteiger partial charge in [-0.05, 0) is 37.7 Å². The predicted molar refractivity (Wildman–Crippen MR) is 108 cm³/mol. The van der Waals surface area contributed by atoms with Crippen molar-refractivity contribution in [3.05, 3.63) is 47.5 Å². The Hall–Kier alpha value is -2.63. The van der Waals surface area contributed by atoms with Crippen molar-refractivity contribution in [3.8, 4) is 0 Å². The van der Waals surface area contributed by atoms with E-state index in [1.54, 1.807) is 0 Å². The van der Waals surface area contributed by atoms with Crippen LogP contribution in [-0.2, 0) is 25.5 Å². The Kier molecular flexibility index (Phi) is 9.25. The zero-order valence-electron chi connectivity index (χ0n) is 16.5. The average Bonchev–Trinajstić information content (AvgIpc) is 2.72. The van der Waals surface area contributed by atoms with Crippen LogP contribution in [0.4, 0.5) is 0 Å². The van der Waals surface area contributed by atoms with Crippen LogP contribution in [0, 0.1) is 0 Å². The van der Waals surface area contributed by atoms with E-state index in [0.717, 1.165) is 24.8 Å². The number of esters is 1. The Balaban J connectivity index is 1.71. The molecule has 1 atom stereocenters. The molecule has 0 heterocycles. The fourth-order valence-corrected chi connectivity index (χ4v) is 3.26. The molecular formula is C22H30N2O4. The SMILES string of the molecule is COC(=O)[C@@H](Cc1ccccc1)NC(=O)CCC(=O)NCCC1=CCCCC1. The third-order valence-corrected chi connectivity index (χ3v) is 4.84. The van der Waals surface area contributed by atoms with Crippen molar-refractivity contribution in [1.82, 2.24) is 10.6 Å². The summed E-state index contributed by atoms with van der Waals surface area (Å²) < 4.78 is 4.78. The number of benzene rings is 1. The fraction of sp³-hybridized carbons (Fsp3) is 0.500. The number of allylic oxidation sites excluding steroid dienone is 1. The van der Waals surface area contributed by atoms with Crippen LogP contribution in [0.5, 0.6) is 0 Å². The zero-order valence-corrected chi connectivity index (χ0v) is 16.5. The Labute approximate surface area is 166 Å². The lowest BCUT2D eigenvalue weighted by molar-refractivity contribution is -0.145. The highest BCUT2D eigenvalue weighted by atomic mass is 16.5. The molecule has 0 fully saturated rings. The first-order valence-corrected chi connectivity index (χ1v) is 9.94. The highest BCUT2D eigenvalue weighted by Crippen LogP contribution is 2.19. The van der Waals surface area contributed by atoms with Crippen molar-refractivity contribution in [3.63, 3.8) is 0 Å². The first-order valence-electron chi connectivity index (χ1n) is 9.94. The van der Waals surface area contributed by atoms with Crippen LogP contribution in [0.1, 0.15) is 50.5 Å². The van der Waals surface area contributed by atoms with Crippen molar-refractivity contribution < 1.29 is 19.1 Å². The molecule has 0 radical (unpaired) electrons. The number of rotatable bonds is 10. The van der Waals surface area contributed by atoms with Crippen LogP contribution >= 0.6 is 0 Å². The van der Waals surface area contributed by atoms with E-state index >= 15 is 0 Å². The topological polar surface area (TPSA) is 84.5 Å². The summed E-state index contributed by atoms with van der Waals surface area (Å²) >= 11 is 0. The van der Waals surface area contributed by atoms with Gasteiger partial charge in [-0.1, -0.05) is 42.0 Å². The van der Waals surface area contributed by atoms with E-state index in [4.69, 9.17) is 4.74 Å². The van der Waals surface area contributed by atoms with Gasteiger partial charge in [0.1, 0.15) is 6.04 Å². The molecule has 0 unspecified atom stereocenters. The minimum Gasteiger partial charge on any atom is -0.467 e. The number of methoxy groups -OCH3 is 1. The molecule has 0 saturated carbocycles. The maximum absolute atomic E-state index is 12.2. The van der Waals surface area contributed by atoms with Gasteiger partial charge in [0.05, 0.1) is 7.11 Å². The maximum Gasteiger partial charge on any atom is 0.328 e. The predicted octanol–water partition coefficient (Wildman–Crippen LogP) is 2.67. The van der Waals surface area contributed by atoms with Gasteiger partial charge in [-0.2, -0.15) is 0 Å². The van der Waals surface area contributed by atoms with E-state index < -0.39 is 12.0 Å². The number of amides is 2. The lowest BCUT2D eigenvalue weighted by Crippen LogP contribution is -2.43. The van der Waals surface area contributed by atoms with Gasteiger partial charge < -0.3 is 15.4 Å².